The minimum absolute atomic E-state index is 0.000446. The predicted molar refractivity (Wildman–Crippen MR) is 155 cm³/mol. The molecule has 240 valence electrons. The normalized spacial score (nSPS) is 13.7. The van der Waals surface area contributed by atoms with E-state index in [2.05, 4.69) is 10.6 Å². The van der Waals surface area contributed by atoms with E-state index in [-0.39, 0.29) is 55.9 Å². The summed E-state index contributed by atoms with van der Waals surface area (Å²) < 4.78 is 110. The monoisotopic (exact) mass is 686 g/mol. The number of hydrogen-bond donors (Lipinski definition) is 2. The lowest BCUT2D eigenvalue weighted by molar-refractivity contribution is -0.140. The molecule has 1 fully saturated rings. The van der Waals surface area contributed by atoms with Crippen LogP contribution in [0.5, 0.6) is 5.75 Å². The average molecular weight is 687 g/mol. The fourth-order valence-electron chi connectivity index (χ4n) is 4.61. The van der Waals surface area contributed by atoms with Gasteiger partial charge in [-0.05, 0) is 48.5 Å². The van der Waals surface area contributed by atoms with Crippen LogP contribution >= 0.6 is 11.3 Å². The van der Waals surface area contributed by atoms with Crippen molar-refractivity contribution < 1.29 is 54.1 Å². The second-order valence-electron chi connectivity index (χ2n) is 9.96. The topological polar surface area (TPSA) is 105 Å². The van der Waals surface area contributed by atoms with E-state index in [4.69, 9.17) is 4.74 Å². The number of fused-ring (bicyclic) bond motifs is 1. The first-order valence-electron chi connectivity index (χ1n) is 13.0. The maximum atomic E-state index is 13.8. The van der Waals surface area contributed by atoms with Gasteiger partial charge in [0.05, 0.1) is 42.6 Å². The third kappa shape index (κ3) is 6.50. The zero-order valence-corrected chi connectivity index (χ0v) is 24.8. The summed E-state index contributed by atoms with van der Waals surface area (Å²) in [5, 5.41) is 4.37. The highest BCUT2D eigenvalue weighted by molar-refractivity contribution is 7.66. The highest BCUT2D eigenvalue weighted by Gasteiger charge is 2.41. The number of carbonyl (C=O) groups excluding carboxylic acids is 3. The molecule has 0 radical (unpaired) electrons. The largest absolute Gasteiger partial charge is 0.496 e. The van der Waals surface area contributed by atoms with E-state index in [1.165, 1.54) is 30.2 Å². The second kappa shape index (κ2) is 12.3. The van der Waals surface area contributed by atoms with E-state index >= 15 is 0 Å². The van der Waals surface area contributed by atoms with Crippen LogP contribution < -0.4 is 15.4 Å². The summed E-state index contributed by atoms with van der Waals surface area (Å²) in [6.07, 6.45) is -9.84. The van der Waals surface area contributed by atoms with Crippen LogP contribution in [0.3, 0.4) is 0 Å². The number of carbonyl (C=O) groups is 3. The molecule has 5 rings (SSSR count). The molecule has 3 amide bonds. The Balaban J connectivity index is 1.53. The fraction of sp³-hybridized carbons (Fsp3) is 0.207. The van der Waals surface area contributed by atoms with E-state index in [1.807, 2.05) is 0 Å². The molecule has 2 heterocycles. The SMILES string of the molecule is COc1ccc(C(=O)N2CC([S+]=O)C2)cc1C(=O)Nc1c(C(=O)Nc2ccc(F)c(C(F)(F)F)c2)sc2cc(C(F)(F)F)ccc12. The smallest absolute Gasteiger partial charge is 0.466 e. The van der Waals surface area contributed by atoms with Crippen molar-refractivity contribution in [1.29, 1.82) is 0 Å². The molecule has 3 aromatic carbocycles. The minimum Gasteiger partial charge on any atom is -0.496 e. The maximum Gasteiger partial charge on any atom is 0.466 e. The van der Waals surface area contributed by atoms with Gasteiger partial charge in [-0.15, -0.1) is 11.3 Å². The molecule has 0 unspecified atom stereocenters. The molecule has 0 spiro atoms. The predicted octanol–water partition coefficient (Wildman–Crippen LogP) is 6.84. The molecular weight excluding hydrogens is 667 g/mol. The third-order valence-electron chi connectivity index (χ3n) is 6.95. The van der Waals surface area contributed by atoms with Crippen molar-refractivity contribution in [3.63, 3.8) is 0 Å². The zero-order chi connectivity index (χ0) is 33.6. The highest BCUT2D eigenvalue weighted by atomic mass is 32.1. The number of alkyl halides is 6. The van der Waals surface area contributed by atoms with Gasteiger partial charge in [-0.1, -0.05) is 6.07 Å². The Morgan fingerprint density at radius 1 is 0.913 bits per heavy atom. The van der Waals surface area contributed by atoms with Gasteiger partial charge < -0.3 is 20.3 Å². The van der Waals surface area contributed by atoms with Gasteiger partial charge in [0, 0.05) is 25.5 Å². The van der Waals surface area contributed by atoms with Crippen molar-refractivity contribution in [2.24, 2.45) is 0 Å². The van der Waals surface area contributed by atoms with Gasteiger partial charge >= 0.3 is 24.0 Å². The summed E-state index contributed by atoms with van der Waals surface area (Å²) >= 11 is 0.888. The molecule has 1 aromatic heterocycles. The highest BCUT2D eigenvalue weighted by Crippen LogP contribution is 2.41. The van der Waals surface area contributed by atoms with Crippen LogP contribution in [0.1, 0.15) is 41.5 Å². The summed E-state index contributed by atoms with van der Waals surface area (Å²) in [6, 6.07) is 8.13. The molecule has 0 aliphatic carbocycles. The van der Waals surface area contributed by atoms with Crippen molar-refractivity contribution in [2.75, 3.05) is 30.8 Å². The lowest BCUT2D eigenvalue weighted by atomic mass is 10.1. The molecule has 4 aromatic rings. The molecular formula is C29H19F7N3O5S2+. The van der Waals surface area contributed by atoms with Crippen LogP contribution in [-0.4, -0.2) is 48.1 Å². The molecule has 1 saturated heterocycles. The fourth-order valence-corrected chi connectivity index (χ4v) is 6.19. The number of methoxy groups -OCH3 is 1. The van der Waals surface area contributed by atoms with E-state index in [0.29, 0.717) is 35.1 Å². The summed E-state index contributed by atoms with van der Waals surface area (Å²) in [5.74, 6) is -4.10. The van der Waals surface area contributed by atoms with Gasteiger partial charge in [0.25, 0.3) is 23.0 Å². The number of benzene rings is 3. The Labute approximate surface area is 262 Å². The molecule has 46 heavy (non-hydrogen) atoms. The molecule has 0 bridgehead atoms. The number of nitrogens with one attached hydrogen (secondary N) is 2. The number of ether oxygens (including phenoxy) is 1. The van der Waals surface area contributed by atoms with Gasteiger partial charge in [0.1, 0.15) is 16.4 Å². The van der Waals surface area contributed by atoms with Crippen molar-refractivity contribution in [3.05, 3.63) is 87.5 Å². The Morgan fingerprint density at radius 2 is 1.63 bits per heavy atom. The number of amides is 3. The Bertz CT molecular complexity index is 1890. The lowest BCUT2D eigenvalue weighted by Crippen LogP contribution is -2.53. The van der Waals surface area contributed by atoms with E-state index in [0.717, 1.165) is 24.3 Å². The van der Waals surface area contributed by atoms with Crippen LogP contribution in [-0.2, 0) is 28.2 Å². The van der Waals surface area contributed by atoms with Gasteiger partial charge in [0.2, 0.25) is 0 Å². The summed E-state index contributed by atoms with van der Waals surface area (Å²) in [6.45, 7) is 0.413. The molecule has 1 aliphatic heterocycles. The van der Waals surface area contributed by atoms with Gasteiger partial charge in [-0.25, -0.2) is 4.39 Å². The van der Waals surface area contributed by atoms with Crippen molar-refractivity contribution in [2.45, 2.75) is 17.6 Å². The Kier molecular flexibility index (Phi) is 8.74. The molecule has 1 aliphatic rings. The maximum absolute atomic E-state index is 13.8. The average Bonchev–Trinajstić information content (AvgIpc) is 3.33. The Morgan fingerprint density at radius 3 is 2.26 bits per heavy atom. The molecule has 8 nitrogen and oxygen atoms in total. The number of rotatable bonds is 7. The van der Waals surface area contributed by atoms with Crippen LogP contribution in [0.15, 0.2) is 54.6 Å². The first kappa shape index (κ1) is 32.7. The molecule has 17 heteroatoms. The van der Waals surface area contributed by atoms with E-state index < -0.39 is 52.7 Å². The number of halogens is 7. The number of anilines is 2. The first-order valence-corrected chi connectivity index (χ1v) is 14.6. The van der Waals surface area contributed by atoms with Crippen molar-refractivity contribution in [1.82, 2.24) is 4.90 Å². The van der Waals surface area contributed by atoms with Gasteiger partial charge in [-0.2, -0.15) is 26.3 Å². The lowest BCUT2D eigenvalue weighted by Gasteiger charge is -2.30. The molecule has 0 atom stereocenters. The number of thiophene rings is 1. The van der Waals surface area contributed by atoms with Crippen LogP contribution in [0.4, 0.5) is 42.1 Å². The summed E-state index contributed by atoms with van der Waals surface area (Å²) in [5.41, 5.74) is -3.58. The van der Waals surface area contributed by atoms with E-state index in [9.17, 15) is 49.3 Å². The van der Waals surface area contributed by atoms with Crippen molar-refractivity contribution in [3.8, 4) is 5.75 Å². The summed E-state index contributed by atoms with van der Waals surface area (Å²) in [4.78, 5) is 40.8. The minimum atomic E-state index is -5.09. The zero-order valence-electron chi connectivity index (χ0n) is 23.1. The summed E-state index contributed by atoms with van der Waals surface area (Å²) in [7, 11) is 1.24. The van der Waals surface area contributed by atoms with Gasteiger partial charge in [-0.3, -0.25) is 14.4 Å². The Hall–Kier alpha value is -4.64. The van der Waals surface area contributed by atoms with Crippen LogP contribution in [0.2, 0.25) is 0 Å². The van der Waals surface area contributed by atoms with Gasteiger partial charge in [0.15, 0.2) is 0 Å². The third-order valence-corrected chi connectivity index (χ3v) is 8.68. The first-order chi connectivity index (χ1) is 21.6. The molecule has 2 N–H and O–H groups in total. The van der Waals surface area contributed by atoms with Crippen LogP contribution in [0, 0.1) is 5.82 Å². The van der Waals surface area contributed by atoms with E-state index in [1.54, 1.807) is 0 Å². The van der Waals surface area contributed by atoms with Crippen LogP contribution in [0.25, 0.3) is 10.1 Å². The second-order valence-corrected chi connectivity index (χ2v) is 11.9. The number of nitrogens with zero attached hydrogens (tertiary/aromatic N) is 1. The molecule has 0 saturated carbocycles. The quantitative estimate of drug-likeness (QED) is 0.164. The number of hydrogen-bond acceptors (Lipinski definition) is 6. The standard InChI is InChI=1S/C29H18F7N3O5S2/c1-44-21-7-2-13(27(42)39-11-16(12-39)46-43)8-18(21)25(40)38-23-17-5-3-14(28(31,32)33)9-22(17)45-24(23)26(41)37-15-4-6-20(30)19(10-15)29(34,35)36/h2-10,16H,11-12H2,1H3,(H-,37,38,40,41)/p+1. The van der Waals surface area contributed by atoms with Crippen molar-refractivity contribution >= 4 is 62.2 Å². The number of likely N-dealkylation sites (tertiary alicyclic amines) is 1.